The third-order valence-corrected chi connectivity index (χ3v) is 8.91. The first-order valence-corrected chi connectivity index (χ1v) is 13.7. The Hall–Kier alpha value is -1.70. The summed E-state index contributed by atoms with van der Waals surface area (Å²) in [7, 11) is -3.56. The van der Waals surface area contributed by atoms with Gasteiger partial charge in [0.1, 0.15) is 10.7 Å². The van der Waals surface area contributed by atoms with Crippen molar-refractivity contribution in [3.63, 3.8) is 0 Å². The van der Waals surface area contributed by atoms with Gasteiger partial charge in [-0.1, -0.05) is 37.5 Å². The molecule has 1 saturated heterocycles. The Morgan fingerprint density at radius 1 is 1.00 bits per heavy atom. The van der Waals surface area contributed by atoms with Crippen LogP contribution >= 0.6 is 0 Å². The van der Waals surface area contributed by atoms with Gasteiger partial charge < -0.3 is 4.90 Å². The molecule has 7 heteroatoms. The van der Waals surface area contributed by atoms with Crippen molar-refractivity contribution in [1.29, 1.82) is 0 Å². The van der Waals surface area contributed by atoms with Gasteiger partial charge in [0.2, 0.25) is 0 Å². The first-order valence-electron chi connectivity index (χ1n) is 12.2. The summed E-state index contributed by atoms with van der Waals surface area (Å²) in [4.78, 5) is 10.2. The second kappa shape index (κ2) is 10.1. The highest BCUT2D eigenvalue weighted by molar-refractivity contribution is 8.00. The van der Waals surface area contributed by atoms with Crippen LogP contribution in [0.1, 0.15) is 62.1 Å². The highest BCUT2D eigenvalue weighted by atomic mass is 32.2. The molecule has 0 unspecified atom stereocenters. The Morgan fingerprint density at radius 2 is 1.72 bits per heavy atom. The van der Waals surface area contributed by atoms with E-state index in [1.165, 1.54) is 45.2 Å². The Labute approximate surface area is 193 Å². The third-order valence-electron chi connectivity index (χ3n) is 7.37. The number of aliphatic imine (C=N–C) groups is 1. The molecule has 0 atom stereocenters. The lowest BCUT2D eigenvalue weighted by molar-refractivity contribution is 0.0788. The minimum atomic E-state index is -3.56. The molecule has 1 aromatic carbocycles. The van der Waals surface area contributed by atoms with Crippen LogP contribution in [0.4, 0.5) is 0 Å². The molecule has 2 heterocycles. The molecule has 1 N–H and O–H groups in total. The molecule has 0 aromatic heterocycles. The molecule has 2 aliphatic heterocycles. The van der Waals surface area contributed by atoms with Crippen LogP contribution in [0.25, 0.3) is 4.91 Å². The quantitative estimate of drug-likeness (QED) is 0.660. The second-order valence-electron chi connectivity index (χ2n) is 9.61. The molecule has 1 aliphatic carbocycles. The number of nitrogens with zero attached hydrogens (tertiary/aromatic N) is 3. The van der Waals surface area contributed by atoms with Crippen LogP contribution in [0.5, 0.6) is 0 Å². The van der Waals surface area contributed by atoms with Crippen molar-refractivity contribution in [2.24, 2.45) is 4.99 Å². The minimum absolute atomic E-state index is 0.359. The van der Waals surface area contributed by atoms with Crippen LogP contribution in [-0.2, 0) is 10.0 Å². The van der Waals surface area contributed by atoms with Crippen LogP contribution in [0.3, 0.4) is 0 Å². The van der Waals surface area contributed by atoms with Gasteiger partial charge in [0.25, 0.3) is 10.0 Å². The summed E-state index contributed by atoms with van der Waals surface area (Å²) < 4.78 is 28.2. The zero-order valence-electron chi connectivity index (χ0n) is 19.9. The van der Waals surface area contributed by atoms with Crippen LogP contribution in [0.2, 0.25) is 0 Å². The summed E-state index contributed by atoms with van der Waals surface area (Å²) in [5.74, 6) is 0.500. The maximum absolute atomic E-state index is 12.8. The maximum Gasteiger partial charge on any atom is 0.264 e. The average Bonchev–Trinajstić information content (AvgIpc) is 3.02. The van der Waals surface area contributed by atoms with E-state index in [0.717, 1.165) is 48.8 Å². The topological polar surface area (TPSA) is 65.0 Å². The van der Waals surface area contributed by atoms with Gasteiger partial charge in [0.05, 0.1) is 0 Å². The third kappa shape index (κ3) is 5.26. The van der Waals surface area contributed by atoms with Gasteiger partial charge in [-0.15, -0.1) is 0 Å². The molecular formula is C25H38N4O2S. The van der Waals surface area contributed by atoms with Crippen molar-refractivity contribution in [2.75, 3.05) is 39.3 Å². The summed E-state index contributed by atoms with van der Waals surface area (Å²) in [6, 6.07) is 6.62. The van der Waals surface area contributed by atoms with E-state index < -0.39 is 10.0 Å². The van der Waals surface area contributed by atoms with E-state index in [9.17, 15) is 8.42 Å². The molecule has 3 aliphatic rings. The van der Waals surface area contributed by atoms with Crippen LogP contribution in [-0.4, -0.2) is 69.4 Å². The van der Waals surface area contributed by atoms with Gasteiger partial charge in [-0.3, -0.25) is 14.6 Å². The molecule has 0 spiro atoms. The first-order chi connectivity index (χ1) is 15.3. The van der Waals surface area contributed by atoms with Gasteiger partial charge >= 0.3 is 0 Å². The number of benzene rings is 1. The van der Waals surface area contributed by atoms with E-state index in [4.69, 9.17) is 0 Å². The number of aryl methyl sites for hydroxylation is 2. The van der Waals surface area contributed by atoms with Gasteiger partial charge in [-0.2, -0.15) is 0 Å². The maximum atomic E-state index is 12.8. The van der Waals surface area contributed by atoms with E-state index in [2.05, 4.69) is 19.5 Å². The largest absolute Gasteiger partial charge is 0.301 e. The molecule has 4 rings (SSSR count). The second-order valence-corrected chi connectivity index (χ2v) is 11.2. The number of rotatable bonds is 6. The van der Waals surface area contributed by atoms with Gasteiger partial charge in [0, 0.05) is 44.3 Å². The summed E-state index contributed by atoms with van der Waals surface area (Å²) in [6.07, 6.45) is 7.91. The fourth-order valence-corrected chi connectivity index (χ4v) is 6.76. The predicted molar refractivity (Wildman–Crippen MR) is 132 cm³/mol. The zero-order valence-corrected chi connectivity index (χ0v) is 20.7. The lowest BCUT2D eigenvalue weighted by Crippen LogP contribution is -2.50. The normalized spacial score (nSPS) is 24.3. The number of hydrogen-bond donors (Lipinski definition) is 1. The molecule has 0 amide bonds. The number of amidine groups is 1. The van der Waals surface area contributed by atoms with E-state index in [1.807, 2.05) is 39.0 Å². The molecule has 6 nitrogen and oxygen atoms in total. The average molecular weight is 459 g/mol. The lowest BCUT2D eigenvalue weighted by atomic mass is 9.94. The smallest absolute Gasteiger partial charge is 0.264 e. The Kier molecular flexibility index (Phi) is 7.37. The molecular weight excluding hydrogens is 420 g/mol. The molecule has 0 bridgehead atoms. The highest BCUT2D eigenvalue weighted by Crippen LogP contribution is 2.31. The van der Waals surface area contributed by atoms with Gasteiger partial charge in [0.15, 0.2) is 0 Å². The van der Waals surface area contributed by atoms with Crippen LogP contribution in [0, 0.1) is 13.8 Å². The van der Waals surface area contributed by atoms with Gasteiger partial charge in [-0.25, -0.2) is 8.42 Å². The monoisotopic (exact) mass is 458 g/mol. The summed E-state index contributed by atoms with van der Waals surface area (Å²) in [6.45, 7) is 12.2. The lowest BCUT2D eigenvalue weighted by Gasteiger charge is -2.40. The summed E-state index contributed by atoms with van der Waals surface area (Å²) in [5, 5.41) is 0. The van der Waals surface area contributed by atoms with Crippen molar-refractivity contribution < 1.29 is 8.42 Å². The molecule has 1 aromatic rings. The van der Waals surface area contributed by atoms with E-state index in [0.29, 0.717) is 22.9 Å². The van der Waals surface area contributed by atoms with Crippen molar-refractivity contribution in [1.82, 2.24) is 14.5 Å². The number of sulfonamides is 1. The van der Waals surface area contributed by atoms with E-state index >= 15 is 0 Å². The number of nitrogens with one attached hydrogen (secondary N) is 1. The standard InChI is InChI=1S/C25H38N4O2S/c1-19-10-11-22(18-20(19)2)24-21(3)25(27-32(24,30)31)26-12-7-13-28-14-16-29(17-15-28)23-8-5-4-6-9-23/h10-11,18,23H,4-9,12-17H2,1-3H3,(H,26,27). The van der Waals surface area contributed by atoms with Crippen LogP contribution < -0.4 is 4.72 Å². The van der Waals surface area contributed by atoms with Crippen LogP contribution in [0.15, 0.2) is 28.8 Å². The molecule has 2 fully saturated rings. The summed E-state index contributed by atoms with van der Waals surface area (Å²) >= 11 is 0. The van der Waals surface area contributed by atoms with Crippen molar-refractivity contribution in [3.8, 4) is 0 Å². The van der Waals surface area contributed by atoms with Crippen molar-refractivity contribution >= 4 is 20.8 Å². The Balaban J connectivity index is 1.30. The van der Waals surface area contributed by atoms with E-state index in [1.54, 1.807) is 0 Å². The number of hydrogen-bond acceptors (Lipinski definition) is 5. The molecule has 176 valence electrons. The highest BCUT2D eigenvalue weighted by Gasteiger charge is 2.32. The van der Waals surface area contributed by atoms with Crippen molar-refractivity contribution in [3.05, 3.63) is 40.5 Å². The first kappa shape index (κ1) is 23.5. The van der Waals surface area contributed by atoms with E-state index in [-0.39, 0.29) is 0 Å². The predicted octanol–water partition coefficient (Wildman–Crippen LogP) is 3.71. The molecule has 1 saturated carbocycles. The minimum Gasteiger partial charge on any atom is -0.301 e. The van der Waals surface area contributed by atoms with Crippen molar-refractivity contribution in [2.45, 2.75) is 65.3 Å². The summed E-state index contributed by atoms with van der Waals surface area (Å²) in [5.41, 5.74) is 3.70. The zero-order chi connectivity index (χ0) is 22.7. The van der Waals surface area contributed by atoms with Gasteiger partial charge in [-0.05, 0) is 63.3 Å². The Morgan fingerprint density at radius 3 is 2.41 bits per heavy atom. The molecule has 0 radical (unpaired) electrons. The fraction of sp³-hybridized carbons (Fsp3) is 0.640. The molecule has 32 heavy (non-hydrogen) atoms. The Bertz CT molecular complexity index is 985. The number of piperazine rings is 1. The SMILES string of the molecule is CC1=C(c2ccc(C)c(C)c2)S(=O)(=O)NC1=NCCCN1CCN(C2CCCCC2)CC1. The fourth-order valence-electron chi connectivity index (χ4n) is 5.25.